The SMILES string of the molecule is O=[N+]([O-])c1ccc(S(=O)n2ccc3c(Br)cc(F)cc32)cc1. The van der Waals surface area contributed by atoms with Crippen molar-refractivity contribution in [2.75, 3.05) is 0 Å². The highest BCUT2D eigenvalue weighted by molar-refractivity contribution is 9.10. The molecular weight excluding hydrogens is 375 g/mol. The number of halogens is 2. The fourth-order valence-electron chi connectivity index (χ4n) is 2.08. The lowest BCUT2D eigenvalue weighted by atomic mass is 10.2. The average Bonchev–Trinajstić information content (AvgIpc) is 2.90. The summed E-state index contributed by atoms with van der Waals surface area (Å²) in [6.07, 6.45) is 1.59. The Hall–Kier alpha value is -2.06. The summed E-state index contributed by atoms with van der Waals surface area (Å²) in [5.74, 6) is -0.444. The molecule has 5 nitrogen and oxygen atoms in total. The van der Waals surface area contributed by atoms with Crippen LogP contribution < -0.4 is 0 Å². The monoisotopic (exact) mass is 382 g/mol. The summed E-state index contributed by atoms with van der Waals surface area (Å²) < 4.78 is 28.1. The number of nitro benzene ring substituents is 1. The maximum Gasteiger partial charge on any atom is 0.269 e. The molecule has 0 aliphatic heterocycles. The molecule has 1 aromatic heterocycles. The van der Waals surface area contributed by atoms with Gasteiger partial charge in [0, 0.05) is 28.2 Å². The number of nitrogens with zero attached hydrogens (tertiary/aromatic N) is 2. The Balaban J connectivity index is 2.07. The van der Waals surface area contributed by atoms with Crippen molar-refractivity contribution in [1.29, 1.82) is 0 Å². The minimum Gasteiger partial charge on any atom is -0.262 e. The second-order valence-electron chi connectivity index (χ2n) is 4.46. The van der Waals surface area contributed by atoms with E-state index in [2.05, 4.69) is 15.9 Å². The van der Waals surface area contributed by atoms with Crippen molar-refractivity contribution in [3.63, 3.8) is 0 Å². The van der Waals surface area contributed by atoms with E-state index in [9.17, 15) is 18.7 Å². The van der Waals surface area contributed by atoms with E-state index in [1.165, 1.54) is 40.4 Å². The maximum absolute atomic E-state index is 13.5. The molecule has 0 aliphatic rings. The van der Waals surface area contributed by atoms with Gasteiger partial charge in [0.05, 0.1) is 15.3 Å². The summed E-state index contributed by atoms with van der Waals surface area (Å²) in [7, 11) is -1.62. The van der Waals surface area contributed by atoms with Crippen LogP contribution in [0.3, 0.4) is 0 Å². The fraction of sp³-hybridized carbons (Fsp3) is 0. The fourth-order valence-corrected chi connectivity index (χ4v) is 3.73. The molecule has 22 heavy (non-hydrogen) atoms. The molecule has 2 aromatic carbocycles. The number of hydrogen-bond acceptors (Lipinski definition) is 3. The van der Waals surface area contributed by atoms with E-state index in [-0.39, 0.29) is 5.69 Å². The number of non-ortho nitro benzene ring substituents is 1. The third kappa shape index (κ3) is 2.55. The van der Waals surface area contributed by atoms with Gasteiger partial charge >= 0.3 is 0 Å². The normalized spacial score (nSPS) is 12.5. The third-order valence-corrected chi connectivity index (χ3v) is 5.12. The van der Waals surface area contributed by atoms with Crippen molar-refractivity contribution < 1.29 is 13.5 Å². The molecule has 0 aliphatic carbocycles. The summed E-state index contributed by atoms with van der Waals surface area (Å²) in [5, 5.41) is 11.4. The highest BCUT2D eigenvalue weighted by Crippen LogP contribution is 2.28. The summed E-state index contributed by atoms with van der Waals surface area (Å²) in [6, 6.07) is 9.78. The number of nitro groups is 1. The second-order valence-corrected chi connectivity index (χ2v) is 6.68. The van der Waals surface area contributed by atoms with E-state index in [1.807, 2.05) is 0 Å². The standard InChI is InChI=1S/C14H8BrFN2O3S/c15-13-7-9(16)8-14-12(13)5-6-17(14)22(21)11-3-1-10(2-4-11)18(19)20/h1-8H. The summed E-state index contributed by atoms with van der Waals surface area (Å²) >= 11 is 3.26. The van der Waals surface area contributed by atoms with Gasteiger partial charge in [-0.25, -0.2) is 8.60 Å². The van der Waals surface area contributed by atoms with Crippen molar-refractivity contribution in [2.45, 2.75) is 4.90 Å². The molecule has 0 bridgehead atoms. The zero-order valence-corrected chi connectivity index (χ0v) is 13.3. The minimum absolute atomic E-state index is 0.0769. The van der Waals surface area contributed by atoms with E-state index in [0.717, 1.165) is 5.39 Å². The molecule has 8 heteroatoms. The average molecular weight is 383 g/mol. The van der Waals surface area contributed by atoms with Crippen LogP contribution in [0.1, 0.15) is 0 Å². The Morgan fingerprint density at radius 1 is 1.18 bits per heavy atom. The molecule has 1 atom stereocenters. The predicted octanol–water partition coefficient (Wildman–Crippen LogP) is 4.02. The largest absolute Gasteiger partial charge is 0.269 e. The van der Waals surface area contributed by atoms with Crippen molar-refractivity contribution in [2.24, 2.45) is 0 Å². The number of fused-ring (bicyclic) bond motifs is 1. The lowest BCUT2D eigenvalue weighted by Gasteiger charge is -2.06. The van der Waals surface area contributed by atoms with E-state index in [0.29, 0.717) is 14.9 Å². The van der Waals surface area contributed by atoms with Crippen LogP contribution in [0.5, 0.6) is 0 Å². The quantitative estimate of drug-likeness (QED) is 0.507. The zero-order chi connectivity index (χ0) is 15.9. The Kier molecular flexibility index (Phi) is 3.79. The van der Waals surface area contributed by atoms with Crippen LogP contribution in [0, 0.1) is 15.9 Å². The van der Waals surface area contributed by atoms with E-state index >= 15 is 0 Å². The van der Waals surface area contributed by atoms with Gasteiger partial charge in [0.15, 0.2) is 11.0 Å². The van der Waals surface area contributed by atoms with Gasteiger partial charge in [0.2, 0.25) is 0 Å². The van der Waals surface area contributed by atoms with Crippen LogP contribution in [0.15, 0.2) is 58.0 Å². The molecule has 0 fully saturated rings. The van der Waals surface area contributed by atoms with E-state index in [4.69, 9.17) is 0 Å². The molecule has 0 saturated heterocycles. The second kappa shape index (κ2) is 5.62. The first kappa shape index (κ1) is 14.9. The highest BCUT2D eigenvalue weighted by atomic mass is 79.9. The lowest BCUT2D eigenvalue weighted by molar-refractivity contribution is -0.384. The Bertz CT molecular complexity index is 908. The first-order valence-electron chi connectivity index (χ1n) is 6.10. The lowest BCUT2D eigenvalue weighted by Crippen LogP contribution is -2.03. The van der Waals surface area contributed by atoms with E-state index in [1.54, 1.807) is 12.3 Å². The number of hydrogen-bond donors (Lipinski definition) is 0. The summed E-state index contributed by atoms with van der Waals surface area (Å²) in [4.78, 5) is 10.5. The van der Waals surface area contributed by atoms with Crippen molar-refractivity contribution in [3.05, 3.63) is 69.1 Å². The molecule has 3 aromatic rings. The predicted molar refractivity (Wildman–Crippen MR) is 84.5 cm³/mol. The van der Waals surface area contributed by atoms with Crippen LogP contribution in [-0.2, 0) is 11.0 Å². The summed E-state index contributed by atoms with van der Waals surface area (Å²) in [6.45, 7) is 0. The Morgan fingerprint density at radius 2 is 1.86 bits per heavy atom. The smallest absolute Gasteiger partial charge is 0.262 e. The molecule has 1 unspecified atom stereocenters. The number of benzene rings is 2. The van der Waals surface area contributed by atoms with Crippen LogP contribution in [0.4, 0.5) is 10.1 Å². The topological polar surface area (TPSA) is 65.1 Å². The first-order chi connectivity index (χ1) is 10.5. The molecule has 0 radical (unpaired) electrons. The van der Waals surface area contributed by atoms with Crippen molar-refractivity contribution in [1.82, 2.24) is 3.97 Å². The zero-order valence-electron chi connectivity index (χ0n) is 10.9. The van der Waals surface area contributed by atoms with Gasteiger partial charge < -0.3 is 0 Å². The molecule has 0 amide bonds. The third-order valence-electron chi connectivity index (χ3n) is 3.11. The van der Waals surface area contributed by atoms with Gasteiger partial charge in [0.1, 0.15) is 5.82 Å². The van der Waals surface area contributed by atoms with Gasteiger partial charge in [-0.05, 0) is 46.3 Å². The van der Waals surface area contributed by atoms with E-state index < -0.39 is 21.7 Å². The van der Waals surface area contributed by atoms with Crippen molar-refractivity contribution >= 4 is 43.5 Å². The summed E-state index contributed by atoms with van der Waals surface area (Å²) in [5.41, 5.74) is 0.399. The molecule has 0 spiro atoms. The van der Waals surface area contributed by atoms with Gasteiger partial charge in [-0.1, -0.05) is 0 Å². The first-order valence-corrected chi connectivity index (χ1v) is 8.00. The van der Waals surface area contributed by atoms with Crippen LogP contribution in [0.2, 0.25) is 0 Å². The van der Waals surface area contributed by atoms with Crippen LogP contribution in [-0.4, -0.2) is 13.1 Å². The molecule has 1 heterocycles. The number of rotatable bonds is 3. The Morgan fingerprint density at radius 3 is 2.50 bits per heavy atom. The van der Waals surface area contributed by atoms with Gasteiger partial charge in [-0.15, -0.1) is 0 Å². The number of aromatic nitrogens is 1. The maximum atomic E-state index is 13.5. The van der Waals surface area contributed by atoms with Crippen LogP contribution in [0.25, 0.3) is 10.9 Å². The molecule has 0 N–H and O–H groups in total. The molecule has 0 saturated carbocycles. The molecule has 112 valence electrons. The van der Waals surface area contributed by atoms with Gasteiger partial charge in [-0.2, -0.15) is 0 Å². The van der Waals surface area contributed by atoms with Crippen LogP contribution >= 0.6 is 15.9 Å². The minimum atomic E-state index is -1.62. The Labute approximate surface area is 135 Å². The van der Waals surface area contributed by atoms with Gasteiger partial charge in [0.25, 0.3) is 5.69 Å². The van der Waals surface area contributed by atoms with Gasteiger partial charge in [-0.3, -0.25) is 14.1 Å². The molecular formula is C14H8BrFN2O3S. The molecule has 3 rings (SSSR count). The highest BCUT2D eigenvalue weighted by Gasteiger charge is 2.14. The van der Waals surface area contributed by atoms with Crippen molar-refractivity contribution in [3.8, 4) is 0 Å².